The van der Waals surface area contributed by atoms with Crippen LogP contribution >= 0.6 is 0 Å². The molecule has 0 fully saturated rings. The van der Waals surface area contributed by atoms with Crippen molar-refractivity contribution < 1.29 is 4.79 Å². The molecule has 6 heteroatoms. The Bertz CT molecular complexity index is 1210. The Labute approximate surface area is 175 Å². The topological polar surface area (TPSA) is 73.9 Å². The van der Waals surface area contributed by atoms with Gasteiger partial charge in [-0.1, -0.05) is 36.4 Å². The van der Waals surface area contributed by atoms with Gasteiger partial charge in [0.15, 0.2) is 0 Å². The van der Waals surface area contributed by atoms with Crippen LogP contribution in [0.25, 0.3) is 10.9 Å². The van der Waals surface area contributed by atoms with E-state index in [1.165, 1.54) is 22.8 Å². The Hall–Kier alpha value is -3.67. The standard InChI is InChI=1S/C24H23N5O/c1-16-12-17-6-2-5-9-22(17)29(16)24(30)21-13-23(28-15-27-21)25-11-10-18-14-26-20-8-4-3-7-19(18)20/h2-9,13-16,26H,10-12H2,1H3,(H,25,27,28). The third-order valence-electron chi connectivity index (χ3n) is 5.69. The summed E-state index contributed by atoms with van der Waals surface area (Å²) in [5.74, 6) is 0.572. The van der Waals surface area contributed by atoms with Crippen LogP contribution in [-0.2, 0) is 12.8 Å². The van der Waals surface area contributed by atoms with Gasteiger partial charge in [-0.3, -0.25) is 4.79 Å². The lowest BCUT2D eigenvalue weighted by Gasteiger charge is -2.22. The van der Waals surface area contributed by atoms with Gasteiger partial charge in [-0.2, -0.15) is 0 Å². The minimum atomic E-state index is -0.0884. The van der Waals surface area contributed by atoms with Crippen LogP contribution in [0.4, 0.5) is 11.5 Å². The van der Waals surface area contributed by atoms with Crippen LogP contribution in [0.1, 0.15) is 28.5 Å². The van der Waals surface area contributed by atoms with Gasteiger partial charge in [0.05, 0.1) is 0 Å². The van der Waals surface area contributed by atoms with Crippen LogP contribution in [-0.4, -0.2) is 33.4 Å². The monoisotopic (exact) mass is 397 g/mol. The van der Waals surface area contributed by atoms with E-state index in [-0.39, 0.29) is 11.9 Å². The van der Waals surface area contributed by atoms with Crippen LogP contribution in [0, 0.1) is 0 Å². The predicted octanol–water partition coefficient (Wildman–Crippen LogP) is 4.20. The van der Waals surface area contributed by atoms with Crippen molar-refractivity contribution in [1.82, 2.24) is 15.0 Å². The SMILES string of the molecule is CC1Cc2ccccc2N1C(=O)c1cc(NCCc2c[nH]c3ccccc23)ncn1. The number of rotatable bonds is 5. The van der Waals surface area contributed by atoms with E-state index in [4.69, 9.17) is 0 Å². The number of fused-ring (bicyclic) bond motifs is 2. The largest absolute Gasteiger partial charge is 0.370 e. The number of hydrogen-bond donors (Lipinski definition) is 2. The molecule has 2 aromatic heterocycles. The number of aromatic nitrogens is 3. The molecule has 2 aromatic carbocycles. The Balaban J connectivity index is 1.29. The lowest BCUT2D eigenvalue weighted by atomic mass is 10.1. The van der Waals surface area contributed by atoms with E-state index >= 15 is 0 Å². The fraction of sp³-hybridized carbons (Fsp3) is 0.208. The number of anilines is 2. The number of hydrogen-bond acceptors (Lipinski definition) is 4. The highest BCUT2D eigenvalue weighted by Crippen LogP contribution is 2.32. The maximum atomic E-state index is 13.2. The van der Waals surface area contributed by atoms with E-state index < -0.39 is 0 Å². The smallest absolute Gasteiger partial charge is 0.277 e. The molecule has 1 unspecified atom stereocenters. The number of nitrogens with zero attached hydrogens (tertiary/aromatic N) is 3. The van der Waals surface area contributed by atoms with E-state index in [2.05, 4.69) is 45.4 Å². The van der Waals surface area contributed by atoms with Gasteiger partial charge in [0, 0.05) is 41.4 Å². The summed E-state index contributed by atoms with van der Waals surface area (Å²) in [6.07, 6.45) is 5.22. The van der Waals surface area contributed by atoms with Crippen molar-refractivity contribution in [3.63, 3.8) is 0 Å². The Morgan fingerprint density at radius 3 is 2.93 bits per heavy atom. The van der Waals surface area contributed by atoms with Crippen molar-refractivity contribution in [1.29, 1.82) is 0 Å². The Morgan fingerprint density at radius 2 is 2.00 bits per heavy atom. The molecule has 0 radical (unpaired) electrons. The van der Waals surface area contributed by atoms with E-state index in [0.29, 0.717) is 11.5 Å². The summed E-state index contributed by atoms with van der Waals surface area (Å²) in [5.41, 5.74) is 4.98. The van der Waals surface area contributed by atoms with Crippen LogP contribution in [0.15, 0.2) is 67.1 Å². The van der Waals surface area contributed by atoms with Crippen molar-refractivity contribution in [3.05, 3.63) is 83.9 Å². The van der Waals surface area contributed by atoms with Crippen LogP contribution in [0.2, 0.25) is 0 Å². The molecule has 3 heterocycles. The number of aromatic amines is 1. The van der Waals surface area contributed by atoms with Crippen LogP contribution < -0.4 is 10.2 Å². The lowest BCUT2D eigenvalue weighted by Crippen LogP contribution is -2.36. The van der Waals surface area contributed by atoms with Gasteiger partial charge in [-0.25, -0.2) is 9.97 Å². The van der Waals surface area contributed by atoms with Gasteiger partial charge >= 0.3 is 0 Å². The number of amides is 1. The second kappa shape index (κ2) is 7.63. The van der Waals surface area contributed by atoms with Crippen molar-refractivity contribution in [2.45, 2.75) is 25.8 Å². The molecule has 1 aliphatic rings. The molecule has 0 spiro atoms. The maximum absolute atomic E-state index is 13.2. The predicted molar refractivity (Wildman–Crippen MR) is 119 cm³/mol. The highest BCUT2D eigenvalue weighted by molar-refractivity contribution is 6.06. The molecular formula is C24H23N5O. The summed E-state index contributed by atoms with van der Waals surface area (Å²) >= 11 is 0. The van der Waals surface area contributed by atoms with Crippen molar-refractivity contribution in [3.8, 4) is 0 Å². The third-order valence-corrected chi connectivity index (χ3v) is 5.69. The summed E-state index contributed by atoms with van der Waals surface area (Å²) in [7, 11) is 0. The number of para-hydroxylation sites is 2. The van der Waals surface area contributed by atoms with Crippen molar-refractivity contribution in [2.24, 2.45) is 0 Å². The summed E-state index contributed by atoms with van der Waals surface area (Å²) in [5, 5.41) is 4.56. The first-order valence-electron chi connectivity index (χ1n) is 10.2. The fourth-order valence-corrected chi connectivity index (χ4v) is 4.23. The second-order valence-electron chi connectivity index (χ2n) is 7.68. The first-order valence-corrected chi connectivity index (χ1v) is 10.2. The van der Waals surface area contributed by atoms with E-state index in [0.717, 1.165) is 30.6 Å². The fourth-order valence-electron chi connectivity index (χ4n) is 4.23. The molecule has 30 heavy (non-hydrogen) atoms. The summed E-state index contributed by atoms with van der Waals surface area (Å²) in [4.78, 5) is 26.9. The Morgan fingerprint density at radius 1 is 1.17 bits per heavy atom. The zero-order valence-electron chi connectivity index (χ0n) is 16.8. The highest BCUT2D eigenvalue weighted by Gasteiger charge is 2.31. The van der Waals surface area contributed by atoms with Crippen LogP contribution in [0.3, 0.4) is 0 Å². The van der Waals surface area contributed by atoms with Gasteiger partial charge in [0.1, 0.15) is 17.8 Å². The minimum absolute atomic E-state index is 0.0884. The maximum Gasteiger partial charge on any atom is 0.277 e. The molecule has 1 aliphatic heterocycles. The number of carbonyl (C=O) groups is 1. The first kappa shape index (κ1) is 18.4. The molecule has 1 amide bonds. The molecule has 0 bridgehead atoms. The number of H-pyrrole nitrogens is 1. The van der Waals surface area contributed by atoms with E-state index in [1.54, 1.807) is 6.07 Å². The second-order valence-corrected chi connectivity index (χ2v) is 7.68. The number of nitrogens with one attached hydrogen (secondary N) is 2. The normalized spacial score (nSPS) is 15.4. The molecule has 0 saturated heterocycles. The number of benzene rings is 2. The van der Waals surface area contributed by atoms with E-state index in [1.807, 2.05) is 41.4 Å². The van der Waals surface area contributed by atoms with Gasteiger partial charge < -0.3 is 15.2 Å². The average Bonchev–Trinajstić information content (AvgIpc) is 3.33. The molecule has 0 aliphatic carbocycles. The van der Waals surface area contributed by atoms with Crippen LogP contribution in [0.5, 0.6) is 0 Å². The summed E-state index contributed by atoms with van der Waals surface area (Å²) in [6, 6.07) is 18.2. The molecular weight excluding hydrogens is 374 g/mol. The zero-order valence-corrected chi connectivity index (χ0v) is 16.8. The van der Waals surface area contributed by atoms with E-state index in [9.17, 15) is 4.79 Å². The average molecular weight is 397 g/mol. The summed E-state index contributed by atoms with van der Waals surface area (Å²) < 4.78 is 0. The summed E-state index contributed by atoms with van der Waals surface area (Å²) in [6.45, 7) is 2.79. The highest BCUT2D eigenvalue weighted by atomic mass is 16.2. The zero-order chi connectivity index (χ0) is 20.5. The molecule has 1 atom stereocenters. The van der Waals surface area contributed by atoms with Gasteiger partial charge in [-0.05, 0) is 43.0 Å². The molecule has 150 valence electrons. The quantitative estimate of drug-likeness (QED) is 0.529. The first-order chi connectivity index (χ1) is 14.7. The minimum Gasteiger partial charge on any atom is -0.370 e. The van der Waals surface area contributed by atoms with Crippen molar-refractivity contribution in [2.75, 3.05) is 16.8 Å². The van der Waals surface area contributed by atoms with Gasteiger partial charge in [0.2, 0.25) is 0 Å². The molecule has 2 N–H and O–H groups in total. The molecule has 6 nitrogen and oxygen atoms in total. The molecule has 4 aromatic rings. The molecule has 0 saturated carbocycles. The van der Waals surface area contributed by atoms with Crippen molar-refractivity contribution >= 4 is 28.3 Å². The number of carbonyl (C=O) groups excluding carboxylic acids is 1. The lowest BCUT2D eigenvalue weighted by molar-refractivity contribution is 0.0976. The molecule has 5 rings (SSSR count). The van der Waals surface area contributed by atoms with Gasteiger partial charge in [-0.15, -0.1) is 0 Å². The third kappa shape index (κ3) is 3.30. The van der Waals surface area contributed by atoms with Gasteiger partial charge in [0.25, 0.3) is 5.91 Å². The Kier molecular flexibility index (Phi) is 4.67.